The van der Waals surface area contributed by atoms with E-state index in [0.29, 0.717) is 5.92 Å². The average molecular weight is 261 g/mol. The fraction of sp³-hybridized carbons (Fsp3) is 0.647. The second-order valence-corrected chi connectivity index (χ2v) is 5.76. The molecule has 0 aromatic heterocycles. The molecule has 2 heteroatoms. The Balaban J connectivity index is 2.12. The maximum absolute atomic E-state index is 6.02. The highest BCUT2D eigenvalue weighted by molar-refractivity contribution is 5.38. The van der Waals surface area contributed by atoms with Gasteiger partial charge in [0.1, 0.15) is 5.75 Å². The summed E-state index contributed by atoms with van der Waals surface area (Å²) in [5.41, 5.74) is 8.66. The van der Waals surface area contributed by atoms with Gasteiger partial charge in [0.15, 0.2) is 0 Å². The first-order chi connectivity index (χ1) is 9.26. The highest BCUT2D eigenvalue weighted by Crippen LogP contribution is 2.37. The minimum atomic E-state index is 0.529. The van der Waals surface area contributed by atoms with Gasteiger partial charge in [0.05, 0.1) is 6.61 Å². The first kappa shape index (κ1) is 14.4. The van der Waals surface area contributed by atoms with Crippen molar-refractivity contribution in [3.63, 3.8) is 0 Å². The Kier molecular flexibility index (Phi) is 5.26. The van der Waals surface area contributed by atoms with E-state index in [2.05, 4.69) is 32.0 Å². The van der Waals surface area contributed by atoms with Crippen molar-refractivity contribution in [2.75, 3.05) is 13.2 Å². The van der Waals surface area contributed by atoms with Gasteiger partial charge in [-0.2, -0.15) is 0 Å². The minimum absolute atomic E-state index is 0.529. The van der Waals surface area contributed by atoms with Crippen LogP contribution in [0.4, 0.5) is 0 Å². The van der Waals surface area contributed by atoms with Gasteiger partial charge in [0.2, 0.25) is 0 Å². The smallest absolute Gasteiger partial charge is 0.122 e. The molecular weight excluding hydrogens is 234 g/mol. The Bertz CT molecular complexity index is 396. The van der Waals surface area contributed by atoms with Crippen molar-refractivity contribution >= 4 is 0 Å². The van der Waals surface area contributed by atoms with Crippen LogP contribution in [0.15, 0.2) is 18.2 Å². The molecule has 2 nitrogen and oxygen atoms in total. The molecule has 0 bridgehead atoms. The summed E-state index contributed by atoms with van der Waals surface area (Å²) < 4.78 is 5.75. The third-order valence-corrected chi connectivity index (χ3v) is 4.31. The molecule has 1 fully saturated rings. The molecule has 0 saturated heterocycles. The van der Waals surface area contributed by atoms with E-state index in [4.69, 9.17) is 10.5 Å². The van der Waals surface area contributed by atoms with Gasteiger partial charge < -0.3 is 10.5 Å². The second kappa shape index (κ2) is 6.95. The van der Waals surface area contributed by atoms with E-state index >= 15 is 0 Å². The molecule has 0 aliphatic heterocycles. The van der Waals surface area contributed by atoms with E-state index in [1.54, 1.807) is 0 Å². The number of hydrogen-bond donors (Lipinski definition) is 1. The molecule has 1 unspecified atom stereocenters. The van der Waals surface area contributed by atoms with Crippen LogP contribution in [0.3, 0.4) is 0 Å². The molecule has 19 heavy (non-hydrogen) atoms. The lowest BCUT2D eigenvalue weighted by molar-refractivity contribution is 0.315. The quantitative estimate of drug-likeness (QED) is 0.839. The Morgan fingerprint density at radius 3 is 2.63 bits per heavy atom. The fourth-order valence-electron chi connectivity index (χ4n) is 3.24. The fourth-order valence-corrected chi connectivity index (χ4v) is 3.24. The third-order valence-electron chi connectivity index (χ3n) is 4.31. The third kappa shape index (κ3) is 3.50. The molecular formula is C17H27NO. The van der Waals surface area contributed by atoms with Crippen LogP contribution in [0.1, 0.15) is 56.1 Å². The summed E-state index contributed by atoms with van der Waals surface area (Å²) in [6.45, 7) is 5.83. The zero-order valence-corrected chi connectivity index (χ0v) is 12.3. The van der Waals surface area contributed by atoms with E-state index in [0.717, 1.165) is 31.2 Å². The van der Waals surface area contributed by atoms with Gasteiger partial charge >= 0.3 is 0 Å². The second-order valence-electron chi connectivity index (χ2n) is 5.76. The van der Waals surface area contributed by atoms with E-state index in [-0.39, 0.29) is 0 Å². The van der Waals surface area contributed by atoms with Crippen molar-refractivity contribution in [3.8, 4) is 5.75 Å². The molecule has 0 spiro atoms. The number of nitrogens with two attached hydrogens (primary N) is 1. The largest absolute Gasteiger partial charge is 0.493 e. The lowest BCUT2D eigenvalue weighted by Crippen LogP contribution is -2.19. The van der Waals surface area contributed by atoms with Gasteiger partial charge in [-0.3, -0.25) is 0 Å². The summed E-state index contributed by atoms with van der Waals surface area (Å²) in [5.74, 6) is 2.33. The predicted octanol–water partition coefficient (Wildman–Crippen LogP) is 4.02. The van der Waals surface area contributed by atoms with Crippen molar-refractivity contribution in [2.24, 2.45) is 11.7 Å². The zero-order valence-electron chi connectivity index (χ0n) is 12.3. The van der Waals surface area contributed by atoms with Crippen LogP contribution in [0.5, 0.6) is 5.75 Å². The highest BCUT2D eigenvalue weighted by Gasteiger charge is 2.25. The number of benzene rings is 1. The first-order valence-electron chi connectivity index (χ1n) is 7.69. The molecule has 1 saturated carbocycles. The Morgan fingerprint density at radius 2 is 2.05 bits per heavy atom. The van der Waals surface area contributed by atoms with Crippen molar-refractivity contribution in [1.29, 1.82) is 0 Å². The van der Waals surface area contributed by atoms with Gasteiger partial charge in [-0.1, -0.05) is 31.9 Å². The monoisotopic (exact) mass is 261 g/mol. The average Bonchev–Trinajstić information content (AvgIpc) is 2.92. The molecule has 106 valence electrons. The molecule has 0 heterocycles. The summed E-state index contributed by atoms with van der Waals surface area (Å²) in [5, 5.41) is 0. The molecule has 0 amide bonds. The Hall–Kier alpha value is -1.02. The lowest BCUT2D eigenvalue weighted by atomic mass is 9.84. The summed E-state index contributed by atoms with van der Waals surface area (Å²) in [7, 11) is 0. The topological polar surface area (TPSA) is 35.2 Å². The van der Waals surface area contributed by atoms with Gasteiger partial charge in [0.25, 0.3) is 0 Å². The van der Waals surface area contributed by atoms with Gasteiger partial charge in [-0.05, 0) is 61.8 Å². The maximum Gasteiger partial charge on any atom is 0.122 e. The summed E-state index contributed by atoms with van der Waals surface area (Å²) in [6, 6.07) is 6.62. The van der Waals surface area contributed by atoms with Crippen LogP contribution in [0.2, 0.25) is 0 Å². The summed E-state index contributed by atoms with van der Waals surface area (Å²) in [6.07, 6.45) is 6.48. The van der Waals surface area contributed by atoms with Gasteiger partial charge in [0, 0.05) is 0 Å². The van der Waals surface area contributed by atoms with Crippen molar-refractivity contribution in [2.45, 2.75) is 51.9 Å². The van der Waals surface area contributed by atoms with Crippen molar-refractivity contribution in [3.05, 3.63) is 29.3 Å². The molecule has 1 aliphatic rings. The van der Waals surface area contributed by atoms with Crippen LogP contribution in [0.25, 0.3) is 0 Å². The maximum atomic E-state index is 6.02. The standard InChI is InChI=1S/C17H27NO/c1-3-10-19-17-9-8-15(11-13(17)2)16(12-18)14-6-4-5-7-14/h8-9,11,14,16H,3-7,10,12,18H2,1-2H3. The highest BCUT2D eigenvalue weighted by atomic mass is 16.5. The zero-order chi connectivity index (χ0) is 13.7. The van der Waals surface area contributed by atoms with E-state index in [1.807, 2.05) is 0 Å². The van der Waals surface area contributed by atoms with Crippen LogP contribution in [0, 0.1) is 12.8 Å². The van der Waals surface area contributed by atoms with E-state index in [1.165, 1.54) is 36.8 Å². The normalized spacial score (nSPS) is 17.6. The number of ether oxygens (including phenoxy) is 1. The van der Waals surface area contributed by atoms with Crippen LogP contribution in [-0.2, 0) is 0 Å². The molecule has 1 atom stereocenters. The van der Waals surface area contributed by atoms with E-state index in [9.17, 15) is 0 Å². The first-order valence-corrected chi connectivity index (χ1v) is 7.69. The van der Waals surface area contributed by atoms with Crippen LogP contribution < -0.4 is 10.5 Å². The Morgan fingerprint density at radius 1 is 1.32 bits per heavy atom. The lowest BCUT2D eigenvalue weighted by Gasteiger charge is -2.23. The van der Waals surface area contributed by atoms with Crippen LogP contribution >= 0.6 is 0 Å². The molecule has 1 aliphatic carbocycles. The summed E-state index contributed by atoms with van der Waals surface area (Å²) >= 11 is 0. The SMILES string of the molecule is CCCOc1ccc(C(CN)C2CCCC2)cc1C. The van der Waals surface area contributed by atoms with Gasteiger partial charge in [-0.15, -0.1) is 0 Å². The van der Waals surface area contributed by atoms with Crippen LogP contribution in [-0.4, -0.2) is 13.2 Å². The molecule has 2 rings (SSSR count). The predicted molar refractivity (Wildman–Crippen MR) is 80.7 cm³/mol. The number of aryl methyl sites for hydroxylation is 1. The minimum Gasteiger partial charge on any atom is -0.493 e. The van der Waals surface area contributed by atoms with Gasteiger partial charge in [-0.25, -0.2) is 0 Å². The van der Waals surface area contributed by atoms with E-state index < -0.39 is 0 Å². The number of hydrogen-bond acceptors (Lipinski definition) is 2. The molecule has 1 aromatic carbocycles. The van der Waals surface area contributed by atoms with Crippen molar-refractivity contribution < 1.29 is 4.74 Å². The Labute approximate surface area is 117 Å². The number of rotatable bonds is 6. The molecule has 2 N–H and O–H groups in total. The molecule has 1 aromatic rings. The molecule has 0 radical (unpaired) electrons. The van der Waals surface area contributed by atoms with Crippen molar-refractivity contribution in [1.82, 2.24) is 0 Å². The summed E-state index contributed by atoms with van der Waals surface area (Å²) in [4.78, 5) is 0.